The molecule has 0 aliphatic heterocycles. The van der Waals surface area contributed by atoms with E-state index in [2.05, 4.69) is 19.2 Å². The highest BCUT2D eigenvalue weighted by Gasteiger charge is 2.32. The summed E-state index contributed by atoms with van der Waals surface area (Å²) in [6, 6.07) is 0. The summed E-state index contributed by atoms with van der Waals surface area (Å²) < 4.78 is 26.3. The monoisotopic (exact) mass is 279 g/mol. The van der Waals surface area contributed by atoms with Gasteiger partial charge in [-0.1, -0.05) is 52.4 Å². The Hall–Kier alpha value is -0.220. The van der Waals surface area contributed by atoms with E-state index in [1.165, 1.54) is 12.8 Å². The van der Waals surface area contributed by atoms with Gasteiger partial charge < -0.3 is 10.4 Å². The largest absolute Gasteiger partial charge is 0.390 e. The molecule has 0 aromatic heterocycles. The summed E-state index contributed by atoms with van der Waals surface area (Å²) in [5.74, 6) is -3.02. The summed E-state index contributed by atoms with van der Waals surface area (Å²) in [7, 11) is 0. The molecular weight excluding hydrogens is 248 g/mol. The minimum Gasteiger partial charge on any atom is -0.390 e. The van der Waals surface area contributed by atoms with Crippen molar-refractivity contribution in [1.82, 2.24) is 5.32 Å². The van der Waals surface area contributed by atoms with E-state index in [1.54, 1.807) is 0 Å². The van der Waals surface area contributed by atoms with Crippen LogP contribution >= 0.6 is 0 Å². The van der Waals surface area contributed by atoms with Gasteiger partial charge in [-0.25, -0.2) is 8.78 Å². The first-order valence-corrected chi connectivity index (χ1v) is 7.63. The lowest BCUT2D eigenvalue weighted by Gasteiger charge is -2.33. The molecule has 0 fully saturated rings. The molecule has 2 nitrogen and oxygen atoms in total. The number of aliphatic hydroxyl groups is 1. The molecule has 2 N–H and O–H groups in total. The van der Waals surface area contributed by atoms with Crippen LogP contribution < -0.4 is 5.32 Å². The van der Waals surface area contributed by atoms with Crippen molar-refractivity contribution >= 4 is 0 Å². The van der Waals surface area contributed by atoms with Crippen LogP contribution in [0.2, 0.25) is 0 Å². The van der Waals surface area contributed by atoms with Crippen LogP contribution in [0.25, 0.3) is 0 Å². The first-order chi connectivity index (χ1) is 8.89. The molecule has 0 aliphatic carbocycles. The maximum Gasteiger partial charge on any atom is 0.282 e. The molecule has 0 aromatic rings. The smallest absolute Gasteiger partial charge is 0.282 e. The fourth-order valence-corrected chi connectivity index (χ4v) is 2.21. The van der Waals surface area contributed by atoms with Gasteiger partial charge in [-0.05, 0) is 19.8 Å². The predicted octanol–water partition coefficient (Wildman–Crippen LogP) is 4.12. The van der Waals surface area contributed by atoms with Crippen molar-refractivity contribution < 1.29 is 13.9 Å². The number of hydrogen-bond acceptors (Lipinski definition) is 2. The number of unbranched alkanes of at least 4 members (excludes halogenated alkanes) is 4. The summed E-state index contributed by atoms with van der Waals surface area (Å²) in [6.45, 7) is 4.79. The van der Waals surface area contributed by atoms with Gasteiger partial charge in [0, 0.05) is 5.54 Å². The zero-order valence-corrected chi connectivity index (χ0v) is 12.8. The van der Waals surface area contributed by atoms with Gasteiger partial charge in [0.2, 0.25) is 0 Å². The lowest BCUT2D eigenvalue weighted by Crippen LogP contribution is -2.48. The van der Waals surface area contributed by atoms with Gasteiger partial charge in [-0.15, -0.1) is 0 Å². The first kappa shape index (κ1) is 18.8. The second-order valence-electron chi connectivity index (χ2n) is 5.84. The Bertz CT molecular complexity index is 224. The number of nitrogens with one attached hydrogen (secondary N) is 1. The molecule has 19 heavy (non-hydrogen) atoms. The van der Waals surface area contributed by atoms with Crippen molar-refractivity contribution in [3.05, 3.63) is 0 Å². The Labute approximate surface area is 117 Å². The molecular formula is C15H31F2NO. The van der Waals surface area contributed by atoms with Crippen molar-refractivity contribution in [3.63, 3.8) is 0 Å². The van der Waals surface area contributed by atoms with Crippen molar-refractivity contribution in [1.29, 1.82) is 0 Å². The van der Waals surface area contributed by atoms with Crippen LogP contribution in [0.3, 0.4) is 0 Å². The average molecular weight is 279 g/mol. The Morgan fingerprint density at radius 2 is 1.53 bits per heavy atom. The van der Waals surface area contributed by atoms with Gasteiger partial charge in [-0.3, -0.25) is 0 Å². The van der Waals surface area contributed by atoms with E-state index in [1.807, 2.05) is 6.92 Å². The Morgan fingerprint density at radius 3 is 2.05 bits per heavy atom. The standard InChI is InChI=1S/C15H31F2NO/c1-4-6-8-9-11-14(3,10-7-5-2)18-12-15(16,17)13-19/h18-19H,4-13H2,1-3H3. The molecule has 0 saturated heterocycles. The fourth-order valence-electron chi connectivity index (χ4n) is 2.21. The number of halogens is 2. The molecule has 0 aromatic carbocycles. The third-order valence-corrected chi connectivity index (χ3v) is 3.67. The van der Waals surface area contributed by atoms with Crippen molar-refractivity contribution in [2.24, 2.45) is 0 Å². The molecule has 0 aliphatic rings. The zero-order valence-electron chi connectivity index (χ0n) is 12.8. The molecule has 0 amide bonds. The summed E-state index contributed by atoms with van der Waals surface area (Å²) in [5.41, 5.74) is -0.234. The van der Waals surface area contributed by atoms with E-state index >= 15 is 0 Å². The second-order valence-corrected chi connectivity index (χ2v) is 5.84. The van der Waals surface area contributed by atoms with Gasteiger partial charge in [0.15, 0.2) is 0 Å². The van der Waals surface area contributed by atoms with Gasteiger partial charge in [0.05, 0.1) is 6.54 Å². The maximum atomic E-state index is 13.1. The third kappa shape index (κ3) is 9.33. The van der Waals surface area contributed by atoms with Crippen LogP contribution in [0.5, 0.6) is 0 Å². The fraction of sp³-hybridized carbons (Fsp3) is 1.00. The number of alkyl halides is 2. The summed E-state index contributed by atoms with van der Waals surface area (Å²) in [4.78, 5) is 0. The number of rotatable bonds is 12. The maximum absolute atomic E-state index is 13.1. The minimum atomic E-state index is -3.02. The minimum absolute atomic E-state index is 0.234. The molecule has 1 unspecified atom stereocenters. The van der Waals surface area contributed by atoms with Crippen LogP contribution in [0.15, 0.2) is 0 Å². The molecule has 0 bridgehead atoms. The summed E-state index contributed by atoms with van der Waals surface area (Å²) >= 11 is 0. The van der Waals surface area contributed by atoms with Crippen molar-refractivity contribution in [2.75, 3.05) is 13.2 Å². The molecule has 0 spiro atoms. The molecule has 4 heteroatoms. The molecule has 0 rings (SSSR count). The van der Waals surface area contributed by atoms with Crippen LogP contribution in [0, 0.1) is 0 Å². The molecule has 0 saturated carbocycles. The van der Waals surface area contributed by atoms with E-state index in [4.69, 9.17) is 5.11 Å². The van der Waals surface area contributed by atoms with Crippen molar-refractivity contribution in [2.45, 2.75) is 83.6 Å². The normalized spacial score (nSPS) is 15.5. The van der Waals surface area contributed by atoms with Crippen LogP contribution in [-0.2, 0) is 0 Å². The molecule has 1 atom stereocenters. The molecule has 116 valence electrons. The van der Waals surface area contributed by atoms with Gasteiger partial charge in [-0.2, -0.15) is 0 Å². The van der Waals surface area contributed by atoms with E-state index in [0.717, 1.165) is 38.5 Å². The average Bonchev–Trinajstić information content (AvgIpc) is 2.40. The zero-order chi connectivity index (χ0) is 14.8. The highest BCUT2D eigenvalue weighted by molar-refractivity contribution is 4.85. The topological polar surface area (TPSA) is 32.3 Å². The first-order valence-electron chi connectivity index (χ1n) is 7.63. The second kappa shape index (κ2) is 9.65. The summed E-state index contributed by atoms with van der Waals surface area (Å²) in [6.07, 6.45) is 8.58. The predicted molar refractivity (Wildman–Crippen MR) is 76.7 cm³/mol. The van der Waals surface area contributed by atoms with E-state index in [-0.39, 0.29) is 5.54 Å². The number of hydrogen-bond donors (Lipinski definition) is 2. The van der Waals surface area contributed by atoms with Gasteiger partial charge in [0.25, 0.3) is 5.92 Å². The van der Waals surface area contributed by atoms with Gasteiger partial charge >= 0.3 is 0 Å². The lowest BCUT2D eigenvalue weighted by molar-refractivity contribution is -0.0530. The quantitative estimate of drug-likeness (QED) is 0.527. The van der Waals surface area contributed by atoms with Crippen molar-refractivity contribution in [3.8, 4) is 0 Å². The van der Waals surface area contributed by atoms with Crippen LogP contribution in [0.1, 0.15) is 72.1 Å². The van der Waals surface area contributed by atoms with Crippen LogP contribution in [-0.4, -0.2) is 29.7 Å². The van der Waals surface area contributed by atoms with E-state index in [0.29, 0.717) is 0 Å². The Morgan fingerprint density at radius 1 is 0.947 bits per heavy atom. The highest BCUT2D eigenvalue weighted by atomic mass is 19.3. The summed E-state index contributed by atoms with van der Waals surface area (Å²) in [5, 5.41) is 11.6. The Balaban J connectivity index is 4.24. The van der Waals surface area contributed by atoms with Gasteiger partial charge in [0.1, 0.15) is 6.61 Å². The number of aliphatic hydroxyl groups excluding tert-OH is 1. The Kier molecular flexibility index (Phi) is 9.54. The lowest BCUT2D eigenvalue weighted by atomic mass is 9.88. The van der Waals surface area contributed by atoms with E-state index < -0.39 is 19.1 Å². The molecule has 0 radical (unpaired) electrons. The van der Waals surface area contributed by atoms with E-state index in [9.17, 15) is 8.78 Å². The van der Waals surface area contributed by atoms with Crippen LogP contribution in [0.4, 0.5) is 8.78 Å². The SMILES string of the molecule is CCCCCCC(C)(CCCC)NCC(F)(F)CO. The third-order valence-electron chi connectivity index (χ3n) is 3.67. The molecule has 0 heterocycles. The highest BCUT2D eigenvalue weighted by Crippen LogP contribution is 2.23.